The summed E-state index contributed by atoms with van der Waals surface area (Å²) < 4.78 is 11.5. The predicted molar refractivity (Wildman–Crippen MR) is 141 cm³/mol. The highest BCUT2D eigenvalue weighted by molar-refractivity contribution is 6.31. The molecule has 1 aliphatic heterocycles. The number of hydrogen-bond acceptors (Lipinski definition) is 5. The van der Waals surface area contributed by atoms with Gasteiger partial charge in [-0.3, -0.25) is 9.89 Å². The van der Waals surface area contributed by atoms with E-state index in [-0.39, 0.29) is 23.8 Å². The number of benzene rings is 2. The Morgan fingerprint density at radius 1 is 1.17 bits per heavy atom. The second kappa shape index (κ2) is 11.4. The third-order valence-electron chi connectivity index (χ3n) is 6.35. The van der Waals surface area contributed by atoms with Crippen LogP contribution in [-0.4, -0.2) is 52.0 Å². The van der Waals surface area contributed by atoms with Gasteiger partial charge in [0.2, 0.25) is 0 Å². The number of aromatic hydroxyl groups is 1. The van der Waals surface area contributed by atoms with Crippen molar-refractivity contribution >= 4 is 17.5 Å². The average Bonchev–Trinajstić information content (AvgIpc) is 3.38. The fraction of sp³-hybridized carbons (Fsp3) is 0.429. The Kier molecular flexibility index (Phi) is 8.21. The summed E-state index contributed by atoms with van der Waals surface area (Å²) in [6.07, 6.45) is 2.90. The lowest BCUT2D eigenvalue weighted by Crippen LogP contribution is -2.31. The van der Waals surface area contributed by atoms with Crippen LogP contribution in [0.2, 0.25) is 5.02 Å². The summed E-state index contributed by atoms with van der Waals surface area (Å²) in [7, 11) is 0. The number of carbonyl (C=O) groups excluding carboxylic acids is 1. The zero-order valence-corrected chi connectivity index (χ0v) is 22.1. The van der Waals surface area contributed by atoms with Crippen molar-refractivity contribution in [2.45, 2.75) is 59.1 Å². The van der Waals surface area contributed by atoms with Crippen molar-refractivity contribution in [2.75, 3.05) is 19.8 Å². The maximum atomic E-state index is 13.5. The van der Waals surface area contributed by atoms with Crippen LogP contribution in [-0.2, 0) is 4.74 Å². The largest absolute Gasteiger partial charge is 0.507 e. The standard InChI is InChI=1S/C28H34ClN3O4/c1-5-6-13-36-20-10-8-19(9-11-20)27-24-25(21-16-22(29)18(4)15-23(21)33)30-31-26(24)28(34)32(27)12-7-14-35-17(2)3/h8-11,15-17,27,33H,5-7,12-14H2,1-4H3,(H,30,31). The van der Waals surface area contributed by atoms with Gasteiger partial charge < -0.3 is 19.5 Å². The number of rotatable bonds is 11. The summed E-state index contributed by atoms with van der Waals surface area (Å²) in [4.78, 5) is 15.3. The van der Waals surface area contributed by atoms with Crippen LogP contribution in [0.15, 0.2) is 36.4 Å². The highest BCUT2D eigenvalue weighted by Gasteiger charge is 2.42. The zero-order chi connectivity index (χ0) is 25.8. The maximum absolute atomic E-state index is 13.5. The van der Waals surface area contributed by atoms with Crippen molar-refractivity contribution in [1.29, 1.82) is 0 Å². The Bertz CT molecular complexity index is 1210. The molecule has 1 unspecified atom stereocenters. The van der Waals surface area contributed by atoms with E-state index in [2.05, 4.69) is 17.1 Å². The van der Waals surface area contributed by atoms with E-state index in [4.69, 9.17) is 21.1 Å². The van der Waals surface area contributed by atoms with E-state index in [1.54, 1.807) is 12.1 Å². The van der Waals surface area contributed by atoms with Gasteiger partial charge in [-0.15, -0.1) is 0 Å². The number of carbonyl (C=O) groups is 1. The number of amides is 1. The molecule has 0 radical (unpaired) electrons. The Morgan fingerprint density at radius 2 is 1.92 bits per heavy atom. The molecule has 0 spiro atoms. The first-order valence-corrected chi connectivity index (χ1v) is 12.9. The number of nitrogens with one attached hydrogen (secondary N) is 1. The van der Waals surface area contributed by atoms with Crippen LogP contribution < -0.4 is 4.74 Å². The van der Waals surface area contributed by atoms with E-state index in [0.717, 1.165) is 35.3 Å². The molecule has 0 saturated carbocycles. The Morgan fingerprint density at radius 3 is 2.61 bits per heavy atom. The molecule has 1 aromatic heterocycles. The first kappa shape index (κ1) is 26.0. The Hall–Kier alpha value is -3.03. The summed E-state index contributed by atoms with van der Waals surface area (Å²) in [5.74, 6) is 0.740. The van der Waals surface area contributed by atoms with Crippen molar-refractivity contribution in [3.63, 3.8) is 0 Å². The molecule has 2 aromatic carbocycles. The fourth-order valence-electron chi connectivity index (χ4n) is 4.47. The highest BCUT2D eigenvalue weighted by Crippen LogP contribution is 2.45. The third kappa shape index (κ3) is 5.37. The molecule has 4 rings (SSSR count). The van der Waals surface area contributed by atoms with Crippen molar-refractivity contribution < 1.29 is 19.4 Å². The summed E-state index contributed by atoms with van der Waals surface area (Å²) >= 11 is 6.39. The van der Waals surface area contributed by atoms with Gasteiger partial charge in [0.05, 0.1) is 18.8 Å². The Labute approximate surface area is 217 Å². The fourth-order valence-corrected chi connectivity index (χ4v) is 4.63. The van der Waals surface area contributed by atoms with E-state index in [9.17, 15) is 9.90 Å². The molecule has 1 amide bonds. The van der Waals surface area contributed by atoms with Crippen molar-refractivity contribution in [3.05, 3.63) is 63.8 Å². The number of halogens is 1. The van der Waals surface area contributed by atoms with Crippen LogP contribution in [0.5, 0.6) is 11.5 Å². The number of phenolic OH excluding ortho intramolecular Hbond substituents is 1. The molecule has 0 aliphatic carbocycles. The van der Waals surface area contributed by atoms with E-state index in [1.165, 1.54) is 0 Å². The number of aromatic amines is 1. The van der Waals surface area contributed by atoms with Gasteiger partial charge in [0.25, 0.3) is 5.91 Å². The first-order chi connectivity index (χ1) is 17.3. The molecule has 192 valence electrons. The van der Waals surface area contributed by atoms with Gasteiger partial charge in [-0.05, 0) is 69.0 Å². The minimum absolute atomic E-state index is 0.0702. The lowest BCUT2D eigenvalue weighted by molar-refractivity contribution is 0.0601. The molecule has 7 nitrogen and oxygen atoms in total. The number of hydrogen-bond donors (Lipinski definition) is 2. The molecule has 8 heteroatoms. The Balaban J connectivity index is 1.71. The quantitative estimate of drug-likeness (QED) is 0.296. The van der Waals surface area contributed by atoms with Gasteiger partial charge >= 0.3 is 0 Å². The summed E-state index contributed by atoms with van der Waals surface area (Å²) in [5.41, 5.74) is 3.88. The SMILES string of the molecule is CCCCOc1ccc(C2c3c(-c4cc(Cl)c(C)cc4O)n[nH]c3C(=O)N2CCCOC(C)C)cc1. The van der Waals surface area contributed by atoms with E-state index < -0.39 is 0 Å². The van der Waals surface area contributed by atoms with Crippen LogP contribution in [0, 0.1) is 6.92 Å². The zero-order valence-electron chi connectivity index (χ0n) is 21.3. The molecular formula is C28H34ClN3O4. The normalized spacial score (nSPS) is 15.1. The minimum atomic E-state index is -0.371. The number of aromatic nitrogens is 2. The molecule has 2 N–H and O–H groups in total. The molecule has 1 atom stereocenters. The van der Waals surface area contributed by atoms with Crippen LogP contribution in [0.1, 0.15) is 73.3 Å². The number of phenols is 1. The smallest absolute Gasteiger partial charge is 0.273 e. The topological polar surface area (TPSA) is 87.7 Å². The molecule has 2 heterocycles. The lowest BCUT2D eigenvalue weighted by Gasteiger charge is -2.27. The number of fused-ring (bicyclic) bond motifs is 1. The molecule has 3 aromatic rings. The summed E-state index contributed by atoms with van der Waals surface area (Å²) in [6.45, 7) is 9.70. The number of unbranched alkanes of at least 4 members (excludes halogenated alkanes) is 1. The molecule has 0 bridgehead atoms. The van der Waals surface area contributed by atoms with E-state index >= 15 is 0 Å². The number of nitrogens with zero attached hydrogens (tertiary/aromatic N) is 2. The van der Waals surface area contributed by atoms with E-state index in [0.29, 0.717) is 48.2 Å². The van der Waals surface area contributed by atoms with Crippen LogP contribution in [0.4, 0.5) is 0 Å². The maximum Gasteiger partial charge on any atom is 0.273 e. The second-order valence-corrected chi connectivity index (χ2v) is 9.83. The van der Waals surface area contributed by atoms with Crippen molar-refractivity contribution in [3.8, 4) is 22.8 Å². The van der Waals surface area contributed by atoms with Crippen molar-refractivity contribution in [2.24, 2.45) is 0 Å². The monoisotopic (exact) mass is 511 g/mol. The molecular weight excluding hydrogens is 478 g/mol. The first-order valence-electron chi connectivity index (χ1n) is 12.5. The molecule has 0 fully saturated rings. The van der Waals surface area contributed by atoms with Gasteiger partial charge in [0, 0.05) is 29.3 Å². The molecule has 0 saturated heterocycles. The molecule has 1 aliphatic rings. The highest BCUT2D eigenvalue weighted by atomic mass is 35.5. The number of H-pyrrole nitrogens is 1. The van der Waals surface area contributed by atoms with Crippen LogP contribution >= 0.6 is 11.6 Å². The van der Waals surface area contributed by atoms with E-state index in [1.807, 2.05) is 49.9 Å². The van der Waals surface area contributed by atoms with Crippen molar-refractivity contribution in [1.82, 2.24) is 15.1 Å². The minimum Gasteiger partial charge on any atom is -0.507 e. The summed E-state index contributed by atoms with van der Waals surface area (Å²) in [6, 6.07) is 10.8. The lowest BCUT2D eigenvalue weighted by atomic mass is 9.95. The number of ether oxygens (including phenoxy) is 2. The van der Waals surface area contributed by atoms with Gasteiger partial charge in [-0.2, -0.15) is 5.10 Å². The van der Waals surface area contributed by atoms with Gasteiger partial charge in [-0.25, -0.2) is 0 Å². The van der Waals surface area contributed by atoms with Gasteiger partial charge in [0.15, 0.2) is 0 Å². The number of aryl methyl sites for hydroxylation is 1. The van der Waals surface area contributed by atoms with Crippen LogP contribution in [0.3, 0.4) is 0 Å². The summed E-state index contributed by atoms with van der Waals surface area (Å²) in [5, 5.41) is 18.6. The second-order valence-electron chi connectivity index (χ2n) is 9.42. The van der Waals surface area contributed by atoms with Gasteiger partial charge in [-0.1, -0.05) is 37.1 Å². The average molecular weight is 512 g/mol. The third-order valence-corrected chi connectivity index (χ3v) is 6.76. The predicted octanol–water partition coefficient (Wildman–Crippen LogP) is 6.28. The molecule has 36 heavy (non-hydrogen) atoms. The van der Waals surface area contributed by atoms with Crippen LogP contribution in [0.25, 0.3) is 11.3 Å². The van der Waals surface area contributed by atoms with Gasteiger partial charge in [0.1, 0.15) is 22.9 Å².